The molecule has 1 aromatic heterocycles. The number of aromatic nitrogens is 2. The minimum absolute atomic E-state index is 0.0715. The van der Waals surface area contributed by atoms with E-state index in [1.165, 1.54) is 11.8 Å². The molecule has 6 heteroatoms. The second kappa shape index (κ2) is 8.73. The molecule has 148 valence electrons. The van der Waals surface area contributed by atoms with E-state index in [-0.39, 0.29) is 18.1 Å². The lowest BCUT2D eigenvalue weighted by Gasteiger charge is -2.33. The van der Waals surface area contributed by atoms with Crippen LogP contribution >= 0.6 is 0 Å². The molecule has 0 spiro atoms. The molecule has 2 aromatic carbocycles. The van der Waals surface area contributed by atoms with Crippen LogP contribution < -0.4 is 10.3 Å². The molecule has 3 aromatic rings. The maximum absolute atomic E-state index is 12.9. The first-order chi connectivity index (χ1) is 14.2. The third kappa shape index (κ3) is 4.54. The molecular formula is C23H23N3O3. The summed E-state index contributed by atoms with van der Waals surface area (Å²) in [5.74, 6) is 1.10. The Balaban J connectivity index is 1.43. The van der Waals surface area contributed by atoms with Gasteiger partial charge in [-0.05, 0) is 30.5 Å². The minimum atomic E-state index is -0.432. The van der Waals surface area contributed by atoms with E-state index >= 15 is 0 Å². The summed E-state index contributed by atoms with van der Waals surface area (Å²) in [7, 11) is 0. The van der Waals surface area contributed by atoms with Crippen LogP contribution in [0.5, 0.6) is 5.75 Å². The van der Waals surface area contributed by atoms with E-state index < -0.39 is 5.56 Å². The van der Waals surface area contributed by atoms with Gasteiger partial charge in [-0.3, -0.25) is 9.59 Å². The molecule has 1 amide bonds. The molecule has 0 bridgehead atoms. The number of piperidine rings is 1. The summed E-state index contributed by atoms with van der Waals surface area (Å²) in [6.45, 7) is 1.40. The summed E-state index contributed by atoms with van der Waals surface area (Å²) in [5.41, 5.74) is 0.867. The Morgan fingerprint density at radius 3 is 2.55 bits per heavy atom. The number of carbonyl (C=O) groups excluding carboxylic acids is 1. The maximum atomic E-state index is 12.9. The number of hydrogen-bond donors (Lipinski definition) is 1. The fourth-order valence-electron chi connectivity index (χ4n) is 3.66. The average molecular weight is 389 g/mol. The van der Waals surface area contributed by atoms with Crippen LogP contribution in [-0.4, -0.2) is 33.9 Å². The van der Waals surface area contributed by atoms with Crippen LogP contribution in [0.25, 0.3) is 0 Å². The lowest BCUT2D eigenvalue weighted by molar-refractivity contribution is 0.0704. The normalized spacial score (nSPS) is 16.4. The molecule has 2 heterocycles. The number of benzene rings is 2. The Kier molecular flexibility index (Phi) is 5.70. The van der Waals surface area contributed by atoms with Crippen LogP contribution in [0.15, 0.2) is 71.7 Å². The molecule has 1 atom stereocenters. The zero-order valence-corrected chi connectivity index (χ0v) is 16.1. The number of carbonyl (C=O) groups is 1. The molecule has 1 aliphatic rings. The smallest absolute Gasteiger partial charge is 0.263 e. The van der Waals surface area contributed by atoms with Gasteiger partial charge >= 0.3 is 0 Å². The number of nitrogens with one attached hydrogen (secondary N) is 1. The Morgan fingerprint density at radius 1 is 1.10 bits per heavy atom. The SMILES string of the molecule is O=C(c1cnc(COc2ccccc2)[nH]c1=O)N1CCCC(c2ccccc2)C1. The summed E-state index contributed by atoms with van der Waals surface area (Å²) in [4.78, 5) is 34.1. The number of para-hydroxylation sites is 1. The van der Waals surface area contributed by atoms with Crippen molar-refractivity contribution in [3.8, 4) is 5.75 Å². The lowest BCUT2D eigenvalue weighted by Crippen LogP contribution is -2.41. The monoisotopic (exact) mass is 389 g/mol. The van der Waals surface area contributed by atoms with E-state index in [2.05, 4.69) is 22.1 Å². The molecule has 1 fully saturated rings. The predicted octanol–water partition coefficient (Wildman–Crippen LogP) is 3.37. The van der Waals surface area contributed by atoms with E-state index in [4.69, 9.17) is 4.74 Å². The molecule has 0 saturated carbocycles. The molecule has 29 heavy (non-hydrogen) atoms. The molecule has 1 N–H and O–H groups in total. The van der Waals surface area contributed by atoms with Crippen molar-refractivity contribution in [3.63, 3.8) is 0 Å². The minimum Gasteiger partial charge on any atom is -0.486 e. The number of H-pyrrole nitrogens is 1. The van der Waals surface area contributed by atoms with Gasteiger partial charge in [-0.2, -0.15) is 0 Å². The highest BCUT2D eigenvalue weighted by Gasteiger charge is 2.27. The van der Waals surface area contributed by atoms with Gasteiger partial charge in [0.05, 0.1) is 0 Å². The second-order valence-electron chi connectivity index (χ2n) is 7.18. The number of nitrogens with zero attached hydrogens (tertiary/aromatic N) is 2. The van der Waals surface area contributed by atoms with Crippen LogP contribution in [0.3, 0.4) is 0 Å². The van der Waals surface area contributed by atoms with E-state index in [1.54, 1.807) is 4.90 Å². The van der Waals surface area contributed by atoms with Gasteiger partial charge < -0.3 is 14.6 Å². The van der Waals surface area contributed by atoms with E-state index in [0.717, 1.165) is 12.8 Å². The van der Waals surface area contributed by atoms with E-state index in [9.17, 15) is 9.59 Å². The Hall–Kier alpha value is -3.41. The van der Waals surface area contributed by atoms with Crippen LogP contribution in [-0.2, 0) is 6.61 Å². The highest BCUT2D eigenvalue weighted by molar-refractivity contribution is 5.93. The fourth-order valence-corrected chi connectivity index (χ4v) is 3.66. The Labute approximate surface area is 169 Å². The van der Waals surface area contributed by atoms with Gasteiger partial charge in [0.2, 0.25) is 0 Å². The van der Waals surface area contributed by atoms with Crippen LogP contribution in [0.1, 0.15) is 40.5 Å². The van der Waals surface area contributed by atoms with Crippen LogP contribution in [0.2, 0.25) is 0 Å². The maximum Gasteiger partial charge on any atom is 0.263 e. The van der Waals surface area contributed by atoms with Gasteiger partial charge in [-0.1, -0.05) is 48.5 Å². The third-order valence-electron chi connectivity index (χ3n) is 5.18. The molecule has 0 radical (unpaired) electrons. The van der Waals surface area contributed by atoms with Crippen LogP contribution in [0.4, 0.5) is 0 Å². The first kappa shape index (κ1) is 18.9. The number of likely N-dealkylation sites (tertiary alicyclic amines) is 1. The first-order valence-electron chi connectivity index (χ1n) is 9.81. The van der Waals surface area contributed by atoms with Crippen LogP contribution in [0, 0.1) is 0 Å². The topological polar surface area (TPSA) is 75.3 Å². The largest absolute Gasteiger partial charge is 0.486 e. The summed E-state index contributed by atoms with van der Waals surface area (Å²) in [6.07, 6.45) is 3.31. The summed E-state index contributed by atoms with van der Waals surface area (Å²) in [5, 5.41) is 0. The highest BCUT2D eigenvalue weighted by Crippen LogP contribution is 2.27. The lowest BCUT2D eigenvalue weighted by atomic mass is 9.90. The van der Waals surface area contributed by atoms with Gasteiger partial charge in [-0.15, -0.1) is 0 Å². The summed E-state index contributed by atoms with van der Waals surface area (Å²) < 4.78 is 5.60. The summed E-state index contributed by atoms with van der Waals surface area (Å²) >= 11 is 0. The zero-order valence-electron chi connectivity index (χ0n) is 16.1. The molecule has 1 saturated heterocycles. The van der Waals surface area contributed by atoms with Gasteiger partial charge in [0.1, 0.15) is 23.7 Å². The molecule has 1 aliphatic heterocycles. The van der Waals surface area contributed by atoms with E-state index in [0.29, 0.717) is 30.6 Å². The summed E-state index contributed by atoms with van der Waals surface area (Å²) in [6, 6.07) is 19.5. The van der Waals surface area contributed by atoms with Crippen molar-refractivity contribution in [3.05, 3.63) is 94.2 Å². The second-order valence-corrected chi connectivity index (χ2v) is 7.18. The van der Waals surface area contributed by atoms with Gasteiger partial charge in [0, 0.05) is 25.2 Å². The van der Waals surface area contributed by atoms with Gasteiger partial charge in [0.15, 0.2) is 0 Å². The predicted molar refractivity (Wildman–Crippen MR) is 110 cm³/mol. The van der Waals surface area contributed by atoms with Crippen molar-refractivity contribution in [1.82, 2.24) is 14.9 Å². The third-order valence-corrected chi connectivity index (χ3v) is 5.18. The number of hydrogen-bond acceptors (Lipinski definition) is 4. The van der Waals surface area contributed by atoms with Gasteiger partial charge in [-0.25, -0.2) is 4.98 Å². The van der Waals surface area contributed by atoms with Crippen molar-refractivity contribution in [2.45, 2.75) is 25.4 Å². The number of ether oxygens (including phenoxy) is 1. The Bertz CT molecular complexity index is 1020. The van der Waals surface area contributed by atoms with Crippen molar-refractivity contribution >= 4 is 5.91 Å². The molecule has 6 nitrogen and oxygen atoms in total. The number of aromatic amines is 1. The van der Waals surface area contributed by atoms with E-state index in [1.807, 2.05) is 48.5 Å². The molecular weight excluding hydrogens is 366 g/mol. The number of rotatable bonds is 5. The van der Waals surface area contributed by atoms with Crippen molar-refractivity contribution in [2.24, 2.45) is 0 Å². The average Bonchev–Trinajstić information content (AvgIpc) is 2.79. The standard InChI is InChI=1S/C23H23N3O3/c27-22-20(14-24-21(25-22)16-29-19-11-5-2-6-12-19)23(28)26-13-7-10-18(15-26)17-8-3-1-4-9-17/h1-6,8-9,11-12,14,18H,7,10,13,15-16H2,(H,24,25,27). The first-order valence-corrected chi connectivity index (χ1v) is 9.81. The van der Waals surface area contributed by atoms with Crippen molar-refractivity contribution in [2.75, 3.05) is 13.1 Å². The Morgan fingerprint density at radius 2 is 1.83 bits per heavy atom. The van der Waals surface area contributed by atoms with Gasteiger partial charge in [0.25, 0.3) is 11.5 Å². The fraction of sp³-hybridized carbons (Fsp3) is 0.261. The molecule has 0 aliphatic carbocycles. The number of amides is 1. The molecule has 4 rings (SSSR count). The highest BCUT2D eigenvalue weighted by atomic mass is 16.5. The van der Waals surface area contributed by atoms with Crippen molar-refractivity contribution in [1.29, 1.82) is 0 Å². The quantitative estimate of drug-likeness (QED) is 0.726. The molecule has 1 unspecified atom stereocenters. The zero-order chi connectivity index (χ0) is 20.1. The van der Waals surface area contributed by atoms with Crippen molar-refractivity contribution < 1.29 is 9.53 Å².